The van der Waals surface area contributed by atoms with E-state index < -0.39 is 21.9 Å². The van der Waals surface area contributed by atoms with E-state index in [-0.39, 0.29) is 22.9 Å². The molecule has 0 spiro atoms. The number of aromatic nitrogens is 2. The predicted molar refractivity (Wildman–Crippen MR) is 129 cm³/mol. The highest BCUT2D eigenvalue weighted by Gasteiger charge is 2.18. The molecule has 3 N–H and O–H groups in total. The maximum atomic E-state index is 12.6. The van der Waals surface area contributed by atoms with Gasteiger partial charge < -0.3 is 10.4 Å². The summed E-state index contributed by atoms with van der Waals surface area (Å²) in [5, 5.41) is 19.8. The van der Waals surface area contributed by atoms with Crippen LogP contribution in [0.3, 0.4) is 0 Å². The van der Waals surface area contributed by atoms with Crippen molar-refractivity contribution >= 4 is 82.6 Å². The van der Waals surface area contributed by atoms with E-state index in [9.17, 15) is 18.0 Å². The van der Waals surface area contributed by atoms with E-state index in [0.717, 1.165) is 24.9 Å². The number of benzene rings is 2. The second-order valence-electron chi connectivity index (χ2n) is 6.11. The minimum Gasteiger partial charge on any atom is -0.481 e. The molecule has 162 valence electrons. The third-order valence-electron chi connectivity index (χ3n) is 3.82. The second kappa shape index (κ2) is 10.0. The van der Waals surface area contributed by atoms with Gasteiger partial charge in [-0.2, -0.15) is 0 Å². The van der Waals surface area contributed by atoms with Crippen LogP contribution in [0.2, 0.25) is 0 Å². The van der Waals surface area contributed by atoms with Gasteiger partial charge in [0.25, 0.3) is 10.0 Å². The third-order valence-corrected chi connectivity index (χ3v) is 7.61. The molecule has 3 rings (SSSR count). The Bertz CT molecular complexity index is 1230. The van der Waals surface area contributed by atoms with E-state index >= 15 is 0 Å². The molecule has 0 radical (unpaired) electrons. The first-order valence-electron chi connectivity index (χ1n) is 8.57. The summed E-state index contributed by atoms with van der Waals surface area (Å²) in [4.78, 5) is 22.2. The number of nitrogens with zero attached hydrogens (tertiary/aromatic N) is 2. The molecule has 0 fully saturated rings. The molecule has 1 aromatic heterocycles. The molecule has 0 atom stereocenters. The summed E-state index contributed by atoms with van der Waals surface area (Å²) in [6, 6.07) is 11.2. The van der Waals surface area contributed by atoms with Gasteiger partial charge in [-0.25, -0.2) is 8.42 Å². The standard InChI is InChI=1S/C18H14BrIN4O5S2/c19-10-1-6-14(20)13(9-10)17-22-23-18(30-17)24-31(28,29)12-4-2-11(3-5-12)21-15(25)7-8-16(26)27/h1-6,9H,7-8H2,(H,21,25)(H,23,24)(H,26,27). The van der Waals surface area contributed by atoms with E-state index in [1.807, 2.05) is 18.2 Å². The first-order chi connectivity index (χ1) is 14.6. The number of carbonyl (C=O) groups excluding carboxylic acids is 1. The molecule has 0 aliphatic heterocycles. The van der Waals surface area contributed by atoms with Gasteiger partial charge in [0.2, 0.25) is 11.0 Å². The number of rotatable bonds is 8. The Balaban J connectivity index is 1.70. The molecule has 1 heterocycles. The van der Waals surface area contributed by atoms with Crippen LogP contribution in [0.5, 0.6) is 0 Å². The van der Waals surface area contributed by atoms with Crippen LogP contribution in [-0.4, -0.2) is 35.6 Å². The normalized spacial score (nSPS) is 11.2. The van der Waals surface area contributed by atoms with E-state index in [1.54, 1.807) is 0 Å². The number of anilines is 2. The molecule has 3 aromatic rings. The average molecular weight is 637 g/mol. The Labute approximate surface area is 203 Å². The summed E-state index contributed by atoms with van der Waals surface area (Å²) in [7, 11) is -3.91. The van der Waals surface area contributed by atoms with Crippen LogP contribution < -0.4 is 10.0 Å². The van der Waals surface area contributed by atoms with Crippen molar-refractivity contribution in [3.63, 3.8) is 0 Å². The first kappa shape index (κ1) is 23.6. The molecule has 1 amide bonds. The maximum absolute atomic E-state index is 12.6. The van der Waals surface area contributed by atoms with Crippen molar-refractivity contribution in [2.45, 2.75) is 17.7 Å². The second-order valence-corrected chi connectivity index (χ2v) is 10.8. The van der Waals surface area contributed by atoms with Gasteiger partial charge in [0.15, 0.2) is 5.01 Å². The van der Waals surface area contributed by atoms with Crippen molar-refractivity contribution in [1.82, 2.24) is 10.2 Å². The van der Waals surface area contributed by atoms with Crippen LogP contribution in [-0.2, 0) is 19.6 Å². The van der Waals surface area contributed by atoms with Crippen LogP contribution in [0.25, 0.3) is 10.6 Å². The SMILES string of the molecule is O=C(O)CCC(=O)Nc1ccc(S(=O)(=O)Nc2nnc(-c3cc(Br)ccc3I)s2)cc1. The summed E-state index contributed by atoms with van der Waals surface area (Å²) in [5.74, 6) is -1.54. The Kier molecular flexibility index (Phi) is 7.61. The number of hydrogen-bond acceptors (Lipinski definition) is 7. The minimum atomic E-state index is -3.91. The van der Waals surface area contributed by atoms with E-state index in [1.165, 1.54) is 24.3 Å². The average Bonchev–Trinajstić information content (AvgIpc) is 3.16. The van der Waals surface area contributed by atoms with Gasteiger partial charge >= 0.3 is 5.97 Å². The third kappa shape index (κ3) is 6.44. The van der Waals surface area contributed by atoms with E-state index in [4.69, 9.17) is 5.11 Å². The molecule has 2 aromatic carbocycles. The number of sulfonamides is 1. The van der Waals surface area contributed by atoms with Gasteiger partial charge in [-0.15, -0.1) is 10.2 Å². The van der Waals surface area contributed by atoms with Crippen molar-refractivity contribution in [2.24, 2.45) is 0 Å². The molecule has 31 heavy (non-hydrogen) atoms. The summed E-state index contributed by atoms with van der Waals surface area (Å²) in [5.41, 5.74) is 1.19. The fourth-order valence-corrected chi connectivity index (χ4v) is 5.51. The molecule has 0 aliphatic rings. The fraction of sp³-hybridized carbons (Fsp3) is 0.111. The summed E-state index contributed by atoms with van der Waals surface area (Å²) < 4.78 is 29.5. The smallest absolute Gasteiger partial charge is 0.303 e. The number of carbonyl (C=O) groups is 2. The summed E-state index contributed by atoms with van der Waals surface area (Å²) in [6.45, 7) is 0. The van der Waals surface area contributed by atoms with Crippen LogP contribution in [0.1, 0.15) is 12.8 Å². The zero-order valence-electron chi connectivity index (χ0n) is 15.5. The van der Waals surface area contributed by atoms with Gasteiger partial charge in [0.1, 0.15) is 0 Å². The fourth-order valence-electron chi connectivity index (χ4n) is 2.37. The molecule has 0 saturated heterocycles. The van der Waals surface area contributed by atoms with Crippen LogP contribution in [0, 0.1) is 3.57 Å². The predicted octanol–water partition coefficient (Wildman–Crippen LogP) is 4.18. The Hall–Kier alpha value is -2.10. The monoisotopic (exact) mass is 636 g/mol. The Morgan fingerprint density at radius 1 is 1.10 bits per heavy atom. The zero-order valence-corrected chi connectivity index (χ0v) is 20.9. The highest BCUT2D eigenvalue weighted by molar-refractivity contribution is 14.1. The number of aliphatic carboxylic acids is 1. The highest BCUT2D eigenvalue weighted by atomic mass is 127. The Morgan fingerprint density at radius 3 is 2.48 bits per heavy atom. The lowest BCUT2D eigenvalue weighted by atomic mass is 10.2. The lowest BCUT2D eigenvalue weighted by Crippen LogP contribution is -2.14. The van der Waals surface area contributed by atoms with E-state index in [0.29, 0.717) is 10.7 Å². The zero-order chi connectivity index (χ0) is 22.6. The molecule has 0 unspecified atom stereocenters. The number of hydrogen-bond donors (Lipinski definition) is 3. The van der Waals surface area contributed by atoms with Crippen LogP contribution >= 0.6 is 49.9 Å². The van der Waals surface area contributed by atoms with Crippen molar-refractivity contribution in [3.05, 3.63) is 50.5 Å². The van der Waals surface area contributed by atoms with Gasteiger partial charge in [-0.05, 0) is 65.1 Å². The highest BCUT2D eigenvalue weighted by Crippen LogP contribution is 2.32. The molecule has 9 nitrogen and oxygen atoms in total. The van der Waals surface area contributed by atoms with Crippen molar-refractivity contribution in [3.8, 4) is 10.6 Å². The van der Waals surface area contributed by atoms with Crippen molar-refractivity contribution in [2.75, 3.05) is 10.0 Å². The van der Waals surface area contributed by atoms with Crippen LogP contribution in [0.15, 0.2) is 51.8 Å². The maximum Gasteiger partial charge on any atom is 0.303 e. The Morgan fingerprint density at radius 2 is 1.81 bits per heavy atom. The van der Waals surface area contributed by atoms with Gasteiger partial charge in [0, 0.05) is 25.7 Å². The minimum absolute atomic E-state index is 0.0233. The summed E-state index contributed by atoms with van der Waals surface area (Å²) >= 11 is 6.68. The number of halogens is 2. The lowest BCUT2D eigenvalue weighted by Gasteiger charge is -2.07. The van der Waals surface area contributed by atoms with Gasteiger partial charge in [0.05, 0.1) is 11.3 Å². The quantitative estimate of drug-likeness (QED) is 0.315. The van der Waals surface area contributed by atoms with Crippen molar-refractivity contribution < 1.29 is 23.1 Å². The number of carboxylic acids is 1. The molecule has 0 bridgehead atoms. The molecule has 13 heteroatoms. The molecular weight excluding hydrogens is 623 g/mol. The van der Waals surface area contributed by atoms with Crippen molar-refractivity contribution in [1.29, 1.82) is 0 Å². The number of nitrogens with one attached hydrogen (secondary N) is 2. The lowest BCUT2D eigenvalue weighted by molar-refractivity contribution is -0.138. The van der Waals surface area contributed by atoms with Gasteiger partial charge in [-0.3, -0.25) is 14.3 Å². The number of amides is 1. The largest absolute Gasteiger partial charge is 0.481 e. The molecule has 0 saturated carbocycles. The van der Waals surface area contributed by atoms with E-state index in [2.05, 4.69) is 58.8 Å². The van der Waals surface area contributed by atoms with Crippen LogP contribution in [0.4, 0.5) is 10.8 Å². The number of carboxylic acid groups (broad SMARTS) is 1. The molecular formula is C18H14BrIN4O5S2. The summed E-state index contributed by atoms with van der Waals surface area (Å²) in [6.07, 6.45) is -0.460. The topological polar surface area (TPSA) is 138 Å². The van der Waals surface area contributed by atoms with Gasteiger partial charge in [-0.1, -0.05) is 27.3 Å². The first-order valence-corrected chi connectivity index (χ1v) is 12.7. The molecule has 0 aliphatic carbocycles.